The first kappa shape index (κ1) is 18.3. The molecular weight excluding hydrogens is 342 g/mol. The highest BCUT2D eigenvalue weighted by molar-refractivity contribution is 7.88. The van der Waals surface area contributed by atoms with Crippen molar-refractivity contribution >= 4 is 15.9 Å². The summed E-state index contributed by atoms with van der Waals surface area (Å²) >= 11 is 0. The highest BCUT2D eigenvalue weighted by Crippen LogP contribution is 2.25. The molecule has 1 amide bonds. The second-order valence-corrected chi connectivity index (χ2v) is 9.31. The highest BCUT2D eigenvalue weighted by atomic mass is 32.2. The molecule has 1 fully saturated rings. The Labute approximate surface area is 149 Å². The Hall–Kier alpha value is -1.45. The van der Waals surface area contributed by atoms with E-state index >= 15 is 0 Å². The van der Waals surface area contributed by atoms with E-state index in [0.29, 0.717) is 32.7 Å². The molecule has 0 spiro atoms. The monoisotopic (exact) mass is 369 g/mol. The maximum Gasteiger partial charge on any atom is 0.227 e. The molecular formula is C16H27N5O3S. The van der Waals surface area contributed by atoms with E-state index in [1.807, 2.05) is 17.7 Å². The molecule has 0 unspecified atom stereocenters. The van der Waals surface area contributed by atoms with Crippen LogP contribution in [0, 0.1) is 5.41 Å². The number of nitrogens with zero attached hydrogens (tertiary/aromatic N) is 3. The van der Waals surface area contributed by atoms with Gasteiger partial charge in [-0.3, -0.25) is 9.48 Å². The first-order valence-electron chi connectivity index (χ1n) is 8.78. The lowest BCUT2D eigenvalue weighted by Crippen LogP contribution is -2.48. The van der Waals surface area contributed by atoms with E-state index in [-0.39, 0.29) is 11.3 Å². The van der Waals surface area contributed by atoms with Gasteiger partial charge in [-0.05, 0) is 38.8 Å². The van der Waals surface area contributed by atoms with E-state index in [0.717, 1.165) is 37.2 Å². The second kappa shape index (κ2) is 7.05. The van der Waals surface area contributed by atoms with Crippen LogP contribution in [0.2, 0.25) is 0 Å². The summed E-state index contributed by atoms with van der Waals surface area (Å²) in [6.07, 6.45) is 3.86. The first-order valence-corrected chi connectivity index (χ1v) is 10.6. The van der Waals surface area contributed by atoms with Gasteiger partial charge < -0.3 is 10.6 Å². The molecule has 25 heavy (non-hydrogen) atoms. The fourth-order valence-electron chi connectivity index (χ4n) is 3.50. The van der Waals surface area contributed by atoms with Crippen molar-refractivity contribution in [2.45, 2.75) is 45.8 Å². The second-order valence-electron chi connectivity index (χ2n) is 7.32. The Morgan fingerprint density at radius 2 is 2.20 bits per heavy atom. The molecule has 9 heteroatoms. The number of aryl methyl sites for hydroxylation is 1. The molecule has 8 nitrogen and oxygen atoms in total. The fraction of sp³-hybridized carbons (Fsp3) is 0.750. The number of carbonyl (C=O) groups is 1. The van der Waals surface area contributed by atoms with Gasteiger partial charge in [-0.2, -0.15) is 9.40 Å². The number of fused-ring (bicyclic) bond motifs is 1. The molecule has 1 aromatic heterocycles. The lowest BCUT2D eigenvalue weighted by molar-refractivity contribution is -0.131. The summed E-state index contributed by atoms with van der Waals surface area (Å²) in [4.78, 5) is 12.5. The van der Waals surface area contributed by atoms with Crippen LogP contribution in [0.3, 0.4) is 0 Å². The van der Waals surface area contributed by atoms with E-state index in [1.165, 1.54) is 10.6 Å². The lowest BCUT2D eigenvalue weighted by atomic mass is 9.82. The average molecular weight is 369 g/mol. The minimum Gasteiger partial charge on any atom is -0.350 e. The number of carbonyl (C=O) groups excluding carboxylic acids is 1. The predicted octanol–water partition coefficient (Wildman–Crippen LogP) is 0.0543. The van der Waals surface area contributed by atoms with Crippen LogP contribution in [-0.2, 0) is 34.5 Å². The van der Waals surface area contributed by atoms with Crippen molar-refractivity contribution < 1.29 is 13.2 Å². The molecule has 0 bridgehead atoms. The van der Waals surface area contributed by atoms with Gasteiger partial charge >= 0.3 is 0 Å². The molecule has 0 radical (unpaired) electrons. The molecule has 1 aromatic rings. The highest BCUT2D eigenvalue weighted by Gasteiger charge is 2.34. The largest absolute Gasteiger partial charge is 0.350 e. The van der Waals surface area contributed by atoms with E-state index in [2.05, 4.69) is 15.7 Å². The van der Waals surface area contributed by atoms with E-state index in [1.54, 1.807) is 0 Å². The third-order valence-electron chi connectivity index (χ3n) is 5.07. The zero-order chi connectivity index (χ0) is 18.1. The molecule has 3 heterocycles. The van der Waals surface area contributed by atoms with Crippen molar-refractivity contribution in [2.75, 3.05) is 25.9 Å². The van der Waals surface area contributed by atoms with Gasteiger partial charge in [0.1, 0.15) is 0 Å². The topological polar surface area (TPSA) is 96.3 Å². The van der Waals surface area contributed by atoms with Crippen LogP contribution in [0.1, 0.15) is 37.6 Å². The maximum absolute atomic E-state index is 12.5. The third kappa shape index (κ3) is 4.21. The minimum absolute atomic E-state index is 0.0423. The van der Waals surface area contributed by atoms with Crippen molar-refractivity contribution in [1.82, 2.24) is 24.7 Å². The standard InChI is InChI=1S/C16H27N5O3S/c1-16(5-3-6-17-12-16)15(22)18-10-13-9-14-11-20(25(2,23)24)7-4-8-21(14)19-13/h9,17H,3-8,10-12H2,1-2H3,(H,18,22)/t16-/m0/s1. The van der Waals surface area contributed by atoms with Gasteiger partial charge in [-0.15, -0.1) is 0 Å². The fourth-order valence-corrected chi connectivity index (χ4v) is 4.32. The number of nitrogens with one attached hydrogen (secondary N) is 2. The normalized spacial score (nSPS) is 25.2. The molecule has 3 rings (SSSR count). The summed E-state index contributed by atoms with van der Waals surface area (Å²) in [6, 6.07) is 1.89. The van der Waals surface area contributed by atoms with Crippen molar-refractivity contribution in [3.63, 3.8) is 0 Å². The summed E-state index contributed by atoms with van der Waals surface area (Å²) in [5, 5.41) is 10.8. The van der Waals surface area contributed by atoms with Gasteiger partial charge in [0.05, 0.1) is 36.1 Å². The Morgan fingerprint density at radius 3 is 2.88 bits per heavy atom. The van der Waals surface area contributed by atoms with E-state index in [9.17, 15) is 13.2 Å². The molecule has 2 aliphatic rings. The van der Waals surface area contributed by atoms with Crippen LogP contribution >= 0.6 is 0 Å². The zero-order valence-corrected chi connectivity index (χ0v) is 15.7. The molecule has 2 N–H and O–H groups in total. The number of hydrogen-bond acceptors (Lipinski definition) is 5. The molecule has 1 saturated heterocycles. The molecule has 0 saturated carbocycles. The number of rotatable bonds is 4. The van der Waals surface area contributed by atoms with Crippen molar-refractivity contribution in [3.05, 3.63) is 17.5 Å². The zero-order valence-electron chi connectivity index (χ0n) is 14.9. The van der Waals surface area contributed by atoms with Crippen LogP contribution < -0.4 is 10.6 Å². The van der Waals surface area contributed by atoms with Gasteiger partial charge in [-0.25, -0.2) is 8.42 Å². The van der Waals surface area contributed by atoms with Crippen LogP contribution in [0.5, 0.6) is 0 Å². The van der Waals surface area contributed by atoms with Crippen molar-refractivity contribution in [1.29, 1.82) is 0 Å². The van der Waals surface area contributed by atoms with E-state index < -0.39 is 10.0 Å². The summed E-state index contributed by atoms with van der Waals surface area (Å²) in [5.41, 5.74) is 1.27. The van der Waals surface area contributed by atoms with Crippen molar-refractivity contribution in [2.24, 2.45) is 5.41 Å². The Balaban J connectivity index is 1.64. The van der Waals surface area contributed by atoms with Crippen LogP contribution in [-0.4, -0.2) is 54.3 Å². The van der Waals surface area contributed by atoms with Gasteiger partial charge in [0.25, 0.3) is 0 Å². The summed E-state index contributed by atoms with van der Waals surface area (Å²) < 4.78 is 27.0. The maximum atomic E-state index is 12.5. The Bertz CT molecular complexity index is 737. The van der Waals surface area contributed by atoms with Gasteiger partial charge in [0.15, 0.2) is 0 Å². The Morgan fingerprint density at radius 1 is 1.40 bits per heavy atom. The number of sulfonamides is 1. The summed E-state index contributed by atoms with van der Waals surface area (Å²) in [5.74, 6) is 0.0423. The molecule has 1 atom stereocenters. The van der Waals surface area contributed by atoms with Crippen molar-refractivity contribution in [3.8, 4) is 0 Å². The first-order chi connectivity index (χ1) is 11.8. The molecule has 0 aliphatic carbocycles. The van der Waals surface area contributed by atoms with Gasteiger partial charge in [0.2, 0.25) is 15.9 Å². The Kier molecular flexibility index (Phi) is 5.17. The molecule has 2 aliphatic heterocycles. The molecule has 140 valence electrons. The minimum atomic E-state index is -3.22. The number of piperidine rings is 1. The van der Waals surface area contributed by atoms with Gasteiger partial charge in [0, 0.05) is 19.6 Å². The van der Waals surface area contributed by atoms with Crippen LogP contribution in [0.15, 0.2) is 6.07 Å². The lowest BCUT2D eigenvalue weighted by Gasteiger charge is -2.32. The SMILES string of the molecule is C[C@]1(C(=O)NCc2cc3n(n2)CCCN(S(C)(=O)=O)C3)CCCNC1. The smallest absolute Gasteiger partial charge is 0.227 e. The number of aromatic nitrogens is 2. The molecule has 0 aromatic carbocycles. The quantitative estimate of drug-likeness (QED) is 0.782. The number of amides is 1. The number of hydrogen-bond donors (Lipinski definition) is 2. The summed E-state index contributed by atoms with van der Waals surface area (Å²) in [6.45, 7) is 5.56. The van der Waals surface area contributed by atoms with Gasteiger partial charge in [-0.1, -0.05) is 0 Å². The van der Waals surface area contributed by atoms with Crippen LogP contribution in [0.25, 0.3) is 0 Å². The summed E-state index contributed by atoms with van der Waals surface area (Å²) in [7, 11) is -3.22. The predicted molar refractivity (Wildman–Crippen MR) is 94.2 cm³/mol. The third-order valence-corrected chi connectivity index (χ3v) is 6.32. The van der Waals surface area contributed by atoms with E-state index in [4.69, 9.17) is 0 Å². The van der Waals surface area contributed by atoms with Crippen LogP contribution in [0.4, 0.5) is 0 Å². The average Bonchev–Trinajstić information content (AvgIpc) is 2.82.